The van der Waals surface area contributed by atoms with Crippen molar-refractivity contribution in [2.75, 3.05) is 0 Å². The highest BCUT2D eigenvalue weighted by molar-refractivity contribution is 6.42. The molecule has 5 heteroatoms. The Kier molecular flexibility index (Phi) is 4.82. The van der Waals surface area contributed by atoms with Gasteiger partial charge in [-0.1, -0.05) is 55.2 Å². The first-order valence-corrected chi connectivity index (χ1v) is 9.82. The van der Waals surface area contributed by atoms with Gasteiger partial charge in [-0.3, -0.25) is 4.79 Å². The number of benzene rings is 3. The predicted octanol–water partition coefficient (Wildman–Crippen LogP) is 6.17. The summed E-state index contributed by atoms with van der Waals surface area (Å²) in [7, 11) is 0. The number of carbonyl (C=O) groups is 1. The summed E-state index contributed by atoms with van der Waals surface area (Å²) in [4.78, 5) is 12.1. The Hall–Kier alpha value is -2.49. The minimum atomic E-state index is -0.444. The number of nitrogens with zero attached hydrogens (tertiary/aromatic N) is 1. The topological polar surface area (TPSA) is 48.0 Å². The zero-order valence-corrected chi connectivity index (χ0v) is 17.1. The number of primary amides is 1. The van der Waals surface area contributed by atoms with Crippen LogP contribution in [0.3, 0.4) is 0 Å². The van der Waals surface area contributed by atoms with Crippen molar-refractivity contribution in [2.45, 2.75) is 26.3 Å². The predicted molar refractivity (Wildman–Crippen MR) is 116 cm³/mol. The fourth-order valence-electron chi connectivity index (χ4n) is 3.60. The molecule has 3 aromatic carbocycles. The molecule has 1 aromatic heterocycles. The number of aromatic nitrogens is 1. The first-order valence-electron chi connectivity index (χ1n) is 9.07. The first-order chi connectivity index (χ1) is 13.4. The number of hydrogen-bond donors (Lipinski definition) is 1. The van der Waals surface area contributed by atoms with Crippen molar-refractivity contribution < 1.29 is 4.79 Å². The quantitative estimate of drug-likeness (QED) is 0.430. The number of rotatable bonds is 4. The molecule has 1 radical (unpaired) electrons. The van der Waals surface area contributed by atoms with Gasteiger partial charge in [-0.25, -0.2) is 0 Å². The second-order valence-corrected chi connectivity index (χ2v) is 8.06. The zero-order chi connectivity index (χ0) is 20.0. The lowest BCUT2D eigenvalue weighted by molar-refractivity contribution is 0.100. The molecule has 0 bridgehead atoms. The maximum absolute atomic E-state index is 12.1. The summed E-state index contributed by atoms with van der Waals surface area (Å²) >= 11 is 12.3. The van der Waals surface area contributed by atoms with Crippen molar-refractivity contribution in [1.29, 1.82) is 0 Å². The average molecular weight is 410 g/mol. The van der Waals surface area contributed by atoms with Crippen LogP contribution < -0.4 is 5.73 Å². The molecule has 0 aliphatic carbocycles. The van der Waals surface area contributed by atoms with Crippen LogP contribution in [-0.4, -0.2) is 10.5 Å². The largest absolute Gasteiger partial charge is 0.366 e. The molecule has 1 amide bonds. The Labute approximate surface area is 173 Å². The van der Waals surface area contributed by atoms with Crippen molar-refractivity contribution in [1.82, 2.24) is 4.57 Å². The van der Waals surface area contributed by atoms with E-state index in [0.29, 0.717) is 28.1 Å². The minimum absolute atomic E-state index is 0.368. The second kappa shape index (κ2) is 7.16. The molecule has 28 heavy (non-hydrogen) atoms. The molecule has 2 N–H and O–H groups in total. The van der Waals surface area contributed by atoms with Crippen LogP contribution in [0.25, 0.3) is 21.8 Å². The molecule has 4 rings (SSSR count). The van der Waals surface area contributed by atoms with Gasteiger partial charge in [0.2, 0.25) is 5.91 Å². The van der Waals surface area contributed by atoms with Crippen LogP contribution in [0.15, 0.2) is 48.5 Å². The summed E-state index contributed by atoms with van der Waals surface area (Å²) < 4.78 is 2.18. The van der Waals surface area contributed by atoms with E-state index in [0.717, 1.165) is 27.4 Å². The average Bonchev–Trinajstić information content (AvgIpc) is 2.98. The van der Waals surface area contributed by atoms with Gasteiger partial charge in [-0.2, -0.15) is 0 Å². The van der Waals surface area contributed by atoms with Crippen molar-refractivity contribution in [3.05, 3.63) is 81.3 Å². The smallest absolute Gasteiger partial charge is 0.249 e. The molecule has 0 spiro atoms. The van der Waals surface area contributed by atoms with E-state index >= 15 is 0 Å². The van der Waals surface area contributed by atoms with E-state index < -0.39 is 5.91 Å². The second-order valence-electron chi connectivity index (χ2n) is 7.25. The molecule has 141 valence electrons. The van der Waals surface area contributed by atoms with Crippen molar-refractivity contribution in [3.8, 4) is 0 Å². The highest BCUT2D eigenvalue weighted by atomic mass is 35.5. The fraction of sp³-hybridized carbons (Fsp3) is 0.174. The first kappa shape index (κ1) is 18.9. The van der Waals surface area contributed by atoms with Gasteiger partial charge in [-0.05, 0) is 53.4 Å². The van der Waals surface area contributed by atoms with Gasteiger partial charge in [-0.15, -0.1) is 0 Å². The summed E-state index contributed by atoms with van der Waals surface area (Å²) in [5.74, 6) is -0.0757. The Morgan fingerprint density at radius 3 is 2.57 bits per heavy atom. The van der Waals surface area contributed by atoms with E-state index in [1.54, 1.807) is 12.1 Å². The van der Waals surface area contributed by atoms with E-state index in [4.69, 9.17) is 28.9 Å². The van der Waals surface area contributed by atoms with Crippen LogP contribution in [-0.2, 0) is 6.54 Å². The molecule has 0 aliphatic rings. The van der Waals surface area contributed by atoms with Gasteiger partial charge in [0.15, 0.2) is 0 Å². The Balaban J connectivity index is 2.03. The Morgan fingerprint density at radius 1 is 1.11 bits per heavy atom. The highest BCUT2D eigenvalue weighted by Gasteiger charge is 2.18. The monoisotopic (exact) mass is 409 g/mol. The highest BCUT2D eigenvalue weighted by Crippen LogP contribution is 2.34. The van der Waals surface area contributed by atoms with Crippen LogP contribution in [0.1, 0.15) is 41.3 Å². The van der Waals surface area contributed by atoms with E-state index in [2.05, 4.69) is 30.5 Å². The lowest BCUT2D eigenvalue weighted by atomic mass is 10.00. The molecule has 1 heterocycles. The Bertz CT molecular complexity index is 1220. The third-order valence-electron chi connectivity index (χ3n) is 5.07. The molecule has 0 unspecified atom stereocenters. The van der Waals surface area contributed by atoms with Crippen LogP contribution in [0.4, 0.5) is 0 Å². The number of nitrogens with two attached hydrogens (primary N) is 1. The summed E-state index contributed by atoms with van der Waals surface area (Å²) in [6.45, 7) is 4.89. The van der Waals surface area contributed by atoms with E-state index in [1.807, 2.05) is 30.3 Å². The van der Waals surface area contributed by atoms with Gasteiger partial charge in [0.1, 0.15) is 0 Å². The van der Waals surface area contributed by atoms with Crippen molar-refractivity contribution in [3.63, 3.8) is 0 Å². The normalized spacial score (nSPS) is 11.6. The third kappa shape index (κ3) is 3.15. The van der Waals surface area contributed by atoms with Crippen LogP contribution >= 0.6 is 23.2 Å². The molecule has 4 aromatic rings. The molecular weight excluding hydrogens is 391 g/mol. The number of halogens is 2. The molecule has 0 aliphatic heterocycles. The van der Waals surface area contributed by atoms with E-state index in [9.17, 15) is 4.79 Å². The van der Waals surface area contributed by atoms with Gasteiger partial charge < -0.3 is 10.3 Å². The van der Waals surface area contributed by atoms with Crippen LogP contribution in [0, 0.1) is 6.07 Å². The minimum Gasteiger partial charge on any atom is -0.366 e. The SMILES string of the molecule is CC(C)c1c[c]c2c3c(C(N)=O)cccc3n(Cc3ccc(Cl)c(Cl)c3)c2c1. The van der Waals surface area contributed by atoms with Crippen molar-refractivity contribution in [2.24, 2.45) is 5.73 Å². The summed E-state index contributed by atoms with van der Waals surface area (Å²) in [6.07, 6.45) is 0. The molecule has 0 atom stereocenters. The zero-order valence-electron chi connectivity index (χ0n) is 15.6. The lowest BCUT2D eigenvalue weighted by Crippen LogP contribution is -2.11. The van der Waals surface area contributed by atoms with Gasteiger partial charge >= 0.3 is 0 Å². The van der Waals surface area contributed by atoms with Gasteiger partial charge in [0.05, 0.1) is 21.1 Å². The number of hydrogen-bond acceptors (Lipinski definition) is 1. The molecule has 0 saturated heterocycles. The number of amides is 1. The number of carbonyl (C=O) groups excluding carboxylic acids is 1. The van der Waals surface area contributed by atoms with E-state index in [1.165, 1.54) is 5.56 Å². The van der Waals surface area contributed by atoms with Gasteiger partial charge in [0, 0.05) is 22.9 Å². The lowest BCUT2D eigenvalue weighted by Gasteiger charge is -2.11. The van der Waals surface area contributed by atoms with Crippen molar-refractivity contribution >= 4 is 50.9 Å². The third-order valence-corrected chi connectivity index (χ3v) is 5.81. The number of fused-ring (bicyclic) bond motifs is 3. The van der Waals surface area contributed by atoms with Gasteiger partial charge in [0.25, 0.3) is 0 Å². The molecular formula is C23H19Cl2N2O. The Morgan fingerprint density at radius 2 is 1.89 bits per heavy atom. The van der Waals surface area contributed by atoms with E-state index in [-0.39, 0.29) is 0 Å². The molecule has 0 fully saturated rings. The maximum Gasteiger partial charge on any atom is 0.249 e. The summed E-state index contributed by atoms with van der Waals surface area (Å²) in [5, 5.41) is 2.78. The van der Waals surface area contributed by atoms with Crippen LogP contribution in [0.5, 0.6) is 0 Å². The maximum atomic E-state index is 12.1. The summed E-state index contributed by atoms with van der Waals surface area (Å²) in [6, 6.07) is 18.8. The van der Waals surface area contributed by atoms with Crippen LogP contribution in [0.2, 0.25) is 10.0 Å². The standard InChI is InChI=1S/C23H19Cl2N2O/c1-13(2)15-7-8-16-21(11-15)27(12-14-6-9-18(24)19(25)10-14)20-5-3-4-17(22(16)20)23(26)28/h3-7,9-11,13H,12H2,1-2H3,(H2,26,28). The summed E-state index contributed by atoms with van der Waals surface area (Å²) in [5.41, 5.74) is 10.3. The molecule has 0 saturated carbocycles. The fourth-order valence-corrected chi connectivity index (χ4v) is 3.92. The molecule has 3 nitrogen and oxygen atoms in total.